The van der Waals surface area contributed by atoms with E-state index < -0.39 is 10.0 Å². The third kappa shape index (κ3) is 4.48. The summed E-state index contributed by atoms with van der Waals surface area (Å²) < 4.78 is 33.3. The van der Waals surface area contributed by atoms with E-state index in [9.17, 15) is 8.42 Å². The number of aliphatic hydroxyl groups is 1. The van der Waals surface area contributed by atoms with Gasteiger partial charge >= 0.3 is 0 Å². The summed E-state index contributed by atoms with van der Waals surface area (Å²) in [6.45, 7) is 2.18. The van der Waals surface area contributed by atoms with Crippen molar-refractivity contribution < 1.29 is 18.3 Å². The first-order chi connectivity index (χ1) is 9.92. The molecule has 0 aliphatic carbocycles. The molecule has 0 amide bonds. The summed E-state index contributed by atoms with van der Waals surface area (Å²) in [6, 6.07) is 4.74. The Bertz CT molecular complexity index is 594. The van der Waals surface area contributed by atoms with Crippen LogP contribution in [0, 0.1) is 0 Å². The predicted octanol–water partition coefficient (Wildman–Crippen LogP) is 0.550. The van der Waals surface area contributed by atoms with Crippen molar-refractivity contribution in [2.45, 2.75) is 17.6 Å². The molecule has 0 saturated carbocycles. The molecule has 0 bridgehead atoms. The van der Waals surface area contributed by atoms with Gasteiger partial charge in [-0.3, -0.25) is 0 Å². The van der Waals surface area contributed by atoms with E-state index in [1.165, 1.54) is 6.07 Å². The number of ether oxygens (including phenoxy) is 1. The Labute approximate surface area is 133 Å². The Morgan fingerprint density at radius 2 is 2.29 bits per heavy atom. The van der Waals surface area contributed by atoms with Gasteiger partial charge < -0.3 is 14.7 Å². The number of hydrogen-bond donors (Lipinski definition) is 2. The zero-order valence-corrected chi connectivity index (χ0v) is 14.2. The highest BCUT2D eigenvalue weighted by molar-refractivity contribution is 9.10. The molecule has 1 aromatic rings. The van der Waals surface area contributed by atoms with E-state index >= 15 is 0 Å². The quantitative estimate of drug-likeness (QED) is 0.781. The number of aliphatic hydroxyl groups excluding tert-OH is 1. The summed E-state index contributed by atoms with van der Waals surface area (Å²) in [5, 5.41) is 9.13. The van der Waals surface area contributed by atoms with E-state index in [1.54, 1.807) is 12.1 Å². The minimum absolute atomic E-state index is 0.123. The summed E-state index contributed by atoms with van der Waals surface area (Å²) in [6.07, 6.45) is -0.154. The molecule has 1 heterocycles. The number of rotatable bonds is 5. The fourth-order valence-corrected chi connectivity index (χ4v) is 4.20. The van der Waals surface area contributed by atoms with E-state index in [0.29, 0.717) is 23.2 Å². The highest BCUT2D eigenvalue weighted by Gasteiger charge is 2.23. The number of likely N-dealkylation sites (N-methyl/N-ethyl adjacent to an activating group) is 1. The Kier molecular flexibility index (Phi) is 5.75. The van der Waals surface area contributed by atoms with Crippen LogP contribution in [0.4, 0.5) is 0 Å². The topological polar surface area (TPSA) is 78.9 Å². The van der Waals surface area contributed by atoms with Crippen molar-refractivity contribution in [2.24, 2.45) is 0 Å². The first-order valence-electron chi connectivity index (χ1n) is 6.61. The molecule has 6 nitrogen and oxygen atoms in total. The molecule has 2 rings (SSSR count). The van der Waals surface area contributed by atoms with Crippen molar-refractivity contribution >= 4 is 26.0 Å². The number of hydrogen-bond acceptors (Lipinski definition) is 5. The first kappa shape index (κ1) is 16.9. The van der Waals surface area contributed by atoms with Crippen LogP contribution in [0.2, 0.25) is 0 Å². The molecule has 1 saturated heterocycles. The molecule has 1 fully saturated rings. The van der Waals surface area contributed by atoms with Crippen LogP contribution in [0.25, 0.3) is 0 Å². The number of sulfonamides is 1. The normalized spacial score (nSPS) is 20.6. The number of nitrogens with zero attached hydrogens (tertiary/aromatic N) is 1. The standard InChI is InChI=1S/C13H19BrN2O4S/c1-16-4-5-20-11(8-16)7-15-21(18,19)13-6-10(9-17)2-3-12(13)14/h2-3,6,11,15,17H,4-5,7-9H2,1H3. The van der Waals surface area contributed by atoms with E-state index in [1.807, 2.05) is 7.05 Å². The average molecular weight is 379 g/mol. The molecule has 1 aliphatic heterocycles. The lowest BCUT2D eigenvalue weighted by Crippen LogP contribution is -2.45. The zero-order valence-electron chi connectivity index (χ0n) is 11.8. The number of benzene rings is 1. The molecular formula is C13H19BrN2O4S. The van der Waals surface area contributed by atoms with Gasteiger partial charge in [0.2, 0.25) is 10.0 Å². The van der Waals surface area contributed by atoms with E-state index in [2.05, 4.69) is 25.6 Å². The Balaban J connectivity index is 2.08. The maximum absolute atomic E-state index is 12.4. The van der Waals surface area contributed by atoms with Gasteiger partial charge in [-0.25, -0.2) is 13.1 Å². The maximum Gasteiger partial charge on any atom is 0.241 e. The highest BCUT2D eigenvalue weighted by atomic mass is 79.9. The number of morpholine rings is 1. The van der Waals surface area contributed by atoms with Gasteiger partial charge in [-0.15, -0.1) is 0 Å². The van der Waals surface area contributed by atoms with Crippen molar-refractivity contribution in [1.82, 2.24) is 9.62 Å². The molecule has 1 aliphatic rings. The van der Waals surface area contributed by atoms with Gasteiger partial charge in [0, 0.05) is 24.1 Å². The highest BCUT2D eigenvalue weighted by Crippen LogP contribution is 2.23. The molecule has 1 unspecified atom stereocenters. The largest absolute Gasteiger partial charge is 0.392 e. The van der Waals surface area contributed by atoms with Crippen molar-refractivity contribution in [3.05, 3.63) is 28.2 Å². The SMILES string of the molecule is CN1CCOC(CNS(=O)(=O)c2cc(CO)ccc2Br)C1. The van der Waals surface area contributed by atoms with Gasteiger partial charge in [-0.05, 0) is 40.7 Å². The second-order valence-electron chi connectivity index (χ2n) is 5.03. The molecule has 1 atom stereocenters. The number of halogens is 1. The summed E-state index contributed by atoms with van der Waals surface area (Å²) in [5.74, 6) is 0. The van der Waals surface area contributed by atoms with E-state index in [4.69, 9.17) is 9.84 Å². The van der Waals surface area contributed by atoms with Crippen molar-refractivity contribution in [3.8, 4) is 0 Å². The van der Waals surface area contributed by atoms with E-state index in [-0.39, 0.29) is 24.2 Å². The Hall–Kier alpha value is -0.510. The van der Waals surface area contributed by atoms with Gasteiger partial charge in [-0.1, -0.05) is 6.07 Å². The second-order valence-corrected chi connectivity index (χ2v) is 7.62. The first-order valence-corrected chi connectivity index (χ1v) is 8.89. The molecular weight excluding hydrogens is 360 g/mol. The van der Waals surface area contributed by atoms with Gasteiger partial charge in [0.1, 0.15) is 0 Å². The lowest BCUT2D eigenvalue weighted by Gasteiger charge is -2.30. The van der Waals surface area contributed by atoms with Crippen LogP contribution in [0.5, 0.6) is 0 Å². The van der Waals surface area contributed by atoms with Crippen LogP contribution in [0.15, 0.2) is 27.6 Å². The molecule has 21 heavy (non-hydrogen) atoms. The Morgan fingerprint density at radius 1 is 1.52 bits per heavy atom. The van der Waals surface area contributed by atoms with Gasteiger partial charge in [0.05, 0.1) is 24.2 Å². The smallest absolute Gasteiger partial charge is 0.241 e. The van der Waals surface area contributed by atoms with Crippen molar-refractivity contribution in [1.29, 1.82) is 0 Å². The third-order valence-electron chi connectivity index (χ3n) is 3.31. The lowest BCUT2D eigenvalue weighted by molar-refractivity contribution is -0.0156. The van der Waals surface area contributed by atoms with Gasteiger partial charge in [0.15, 0.2) is 0 Å². The molecule has 0 aromatic heterocycles. The molecule has 0 radical (unpaired) electrons. The lowest BCUT2D eigenvalue weighted by atomic mass is 10.2. The fourth-order valence-electron chi connectivity index (χ4n) is 2.12. The summed E-state index contributed by atoms with van der Waals surface area (Å²) in [7, 11) is -1.67. The molecule has 1 aromatic carbocycles. The molecule has 2 N–H and O–H groups in total. The summed E-state index contributed by atoms with van der Waals surface area (Å²) in [5.41, 5.74) is 0.548. The van der Waals surface area contributed by atoms with Crippen molar-refractivity contribution in [2.75, 3.05) is 33.3 Å². The zero-order chi connectivity index (χ0) is 15.5. The van der Waals surface area contributed by atoms with Gasteiger partial charge in [-0.2, -0.15) is 0 Å². The predicted molar refractivity (Wildman–Crippen MR) is 82.5 cm³/mol. The van der Waals surface area contributed by atoms with Crippen LogP contribution >= 0.6 is 15.9 Å². The molecule has 0 spiro atoms. The third-order valence-corrected chi connectivity index (χ3v) is 5.73. The second kappa shape index (κ2) is 7.17. The van der Waals surface area contributed by atoms with Crippen LogP contribution in [-0.2, 0) is 21.4 Å². The van der Waals surface area contributed by atoms with Crippen LogP contribution < -0.4 is 4.72 Å². The van der Waals surface area contributed by atoms with Gasteiger partial charge in [0.25, 0.3) is 0 Å². The van der Waals surface area contributed by atoms with Crippen LogP contribution in [-0.4, -0.2) is 57.8 Å². The van der Waals surface area contributed by atoms with Crippen LogP contribution in [0.1, 0.15) is 5.56 Å². The minimum atomic E-state index is -3.65. The Morgan fingerprint density at radius 3 is 2.95 bits per heavy atom. The van der Waals surface area contributed by atoms with Crippen molar-refractivity contribution in [3.63, 3.8) is 0 Å². The summed E-state index contributed by atoms with van der Waals surface area (Å²) in [4.78, 5) is 2.23. The maximum atomic E-state index is 12.4. The monoisotopic (exact) mass is 378 g/mol. The average Bonchev–Trinajstić information content (AvgIpc) is 2.46. The van der Waals surface area contributed by atoms with E-state index in [0.717, 1.165) is 6.54 Å². The molecule has 118 valence electrons. The molecule has 8 heteroatoms. The fraction of sp³-hybridized carbons (Fsp3) is 0.538. The minimum Gasteiger partial charge on any atom is -0.392 e. The summed E-state index contributed by atoms with van der Waals surface area (Å²) >= 11 is 3.23. The van der Waals surface area contributed by atoms with Crippen LogP contribution in [0.3, 0.4) is 0 Å². The number of nitrogens with one attached hydrogen (secondary N) is 1.